The number of aryl methyl sites for hydroxylation is 1. The van der Waals surface area contributed by atoms with Crippen LogP contribution in [0.5, 0.6) is 0 Å². The standard InChI is InChI=1S/C23H31N5O3S/c1-17-23(18(2)28(24-17)20-8-14-32(30,31)16-20)26-12-10-25(11-13-26)15-22(29)27-9-7-19-5-3-4-6-21(19)27/h3-6,20H,7-16H2,1-2H3. The molecule has 4 heterocycles. The van der Waals surface area contributed by atoms with Crippen LogP contribution in [0.2, 0.25) is 0 Å². The number of hydrogen-bond donors (Lipinski definition) is 0. The van der Waals surface area contributed by atoms with E-state index in [1.165, 1.54) is 5.56 Å². The van der Waals surface area contributed by atoms with Gasteiger partial charge in [-0.3, -0.25) is 14.4 Å². The van der Waals surface area contributed by atoms with Gasteiger partial charge in [0.05, 0.1) is 41.2 Å². The Labute approximate surface area is 189 Å². The Balaban J connectivity index is 1.22. The van der Waals surface area contributed by atoms with Crippen molar-refractivity contribution in [2.45, 2.75) is 32.7 Å². The molecule has 2 saturated heterocycles. The number of fused-ring (bicyclic) bond motifs is 1. The summed E-state index contributed by atoms with van der Waals surface area (Å²) >= 11 is 0. The third-order valence-corrected chi connectivity index (χ3v) is 8.83. The first-order chi connectivity index (χ1) is 15.3. The molecule has 5 rings (SSSR count). The molecule has 2 fully saturated rings. The summed E-state index contributed by atoms with van der Waals surface area (Å²) in [7, 11) is -2.95. The summed E-state index contributed by atoms with van der Waals surface area (Å²) in [6.45, 7) is 8.57. The monoisotopic (exact) mass is 457 g/mol. The number of aromatic nitrogens is 2. The molecule has 32 heavy (non-hydrogen) atoms. The van der Waals surface area contributed by atoms with Gasteiger partial charge in [-0.25, -0.2) is 8.42 Å². The number of rotatable bonds is 4. The molecular weight excluding hydrogens is 426 g/mol. The van der Waals surface area contributed by atoms with Gasteiger partial charge in [-0.05, 0) is 38.3 Å². The number of benzene rings is 1. The molecule has 0 spiro atoms. The number of piperazine rings is 1. The second kappa shape index (κ2) is 8.19. The molecule has 0 N–H and O–H groups in total. The summed E-state index contributed by atoms with van der Waals surface area (Å²) in [5.41, 5.74) is 5.42. The second-order valence-electron chi connectivity index (χ2n) is 9.21. The number of carbonyl (C=O) groups is 1. The second-order valence-corrected chi connectivity index (χ2v) is 11.4. The van der Waals surface area contributed by atoms with Crippen LogP contribution in [0.15, 0.2) is 24.3 Å². The van der Waals surface area contributed by atoms with Crippen molar-refractivity contribution in [3.63, 3.8) is 0 Å². The zero-order chi connectivity index (χ0) is 22.5. The summed E-state index contributed by atoms with van der Waals surface area (Å²) in [6.07, 6.45) is 1.57. The molecule has 3 aliphatic rings. The van der Waals surface area contributed by atoms with Crippen molar-refractivity contribution < 1.29 is 13.2 Å². The highest BCUT2D eigenvalue weighted by atomic mass is 32.2. The van der Waals surface area contributed by atoms with E-state index in [0.29, 0.717) is 13.0 Å². The maximum absolute atomic E-state index is 12.9. The van der Waals surface area contributed by atoms with E-state index in [4.69, 9.17) is 5.10 Å². The van der Waals surface area contributed by atoms with Crippen LogP contribution < -0.4 is 9.80 Å². The number of para-hydroxylation sites is 1. The zero-order valence-electron chi connectivity index (χ0n) is 18.8. The highest BCUT2D eigenvalue weighted by molar-refractivity contribution is 7.91. The molecule has 1 atom stereocenters. The average Bonchev–Trinajstić information content (AvgIpc) is 3.44. The Morgan fingerprint density at radius 2 is 1.84 bits per heavy atom. The van der Waals surface area contributed by atoms with Crippen LogP contribution in [0.1, 0.15) is 29.4 Å². The quantitative estimate of drug-likeness (QED) is 0.694. The van der Waals surface area contributed by atoms with E-state index in [9.17, 15) is 13.2 Å². The van der Waals surface area contributed by atoms with E-state index in [1.807, 2.05) is 41.6 Å². The topological polar surface area (TPSA) is 78.8 Å². The number of carbonyl (C=O) groups excluding carboxylic acids is 1. The van der Waals surface area contributed by atoms with Gasteiger partial charge in [-0.2, -0.15) is 5.10 Å². The van der Waals surface area contributed by atoms with Crippen molar-refractivity contribution in [2.75, 3.05) is 60.6 Å². The Kier molecular flexibility index (Phi) is 5.49. The van der Waals surface area contributed by atoms with E-state index in [2.05, 4.69) is 15.9 Å². The number of sulfone groups is 1. The lowest BCUT2D eigenvalue weighted by atomic mass is 10.2. The van der Waals surface area contributed by atoms with Crippen molar-refractivity contribution >= 4 is 27.1 Å². The third-order valence-electron chi connectivity index (χ3n) is 7.08. The fourth-order valence-corrected chi connectivity index (χ4v) is 7.13. The van der Waals surface area contributed by atoms with Crippen molar-refractivity contribution in [3.8, 4) is 0 Å². The van der Waals surface area contributed by atoms with Gasteiger partial charge >= 0.3 is 0 Å². The maximum atomic E-state index is 12.9. The molecule has 0 aliphatic carbocycles. The summed E-state index contributed by atoms with van der Waals surface area (Å²) in [5, 5.41) is 4.71. The van der Waals surface area contributed by atoms with Crippen LogP contribution in [0.4, 0.5) is 11.4 Å². The van der Waals surface area contributed by atoms with Crippen molar-refractivity contribution in [3.05, 3.63) is 41.2 Å². The Morgan fingerprint density at radius 3 is 2.56 bits per heavy atom. The minimum atomic E-state index is -2.95. The molecule has 0 bridgehead atoms. The van der Waals surface area contributed by atoms with Gasteiger partial charge in [-0.15, -0.1) is 0 Å². The first kappa shape index (κ1) is 21.5. The third kappa shape index (κ3) is 3.92. The number of hydrogen-bond acceptors (Lipinski definition) is 6. The molecule has 1 aromatic heterocycles. The molecule has 1 aromatic carbocycles. The minimum Gasteiger partial charge on any atom is -0.366 e. The number of nitrogens with zero attached hydrogens (tertiary/aromatic N) is 5. The van der Waals surface area contributed by atoms with Crippen LogP contribution in [0, 0.1) is 13.8 Å². The zero-order valence-corrected chi connectivity index (χ0v) is 19.6. The van der Waals surface area contributed by atoms with Gasteiger partial charge in [0, 0.05) is 38.4 Å². The summed E-state index contributed by atoms with van der Waals surface area (Å²) < 4.78 is 25.8. The van der Waals surface area contributed by atoms with E-state index in [-0.39, 0.29) is 23.5 Å². The fourth-order valence-electron chi connectivity index (χ4n) is 5.44. The molecule has 8 nitrogen and oxygen atoms in total. The summed E-state index contributed by atoms with van der Waals surface area (Å²) in [6, 6.07) is 8.11. The SMILES string of the molecule is Cc1nn(C2CCS(=O)(=O)C2)c(C)c1N1CCN(CC(=O)N2CCc3ccccc32)CC1. The van der Waals surface area contributed by atoms with Crippen LogP contribution in [-0.4, -0.2) is 79.8 Å². The lowest BCUT2D eigenvalue weighted by Crippen LogP contribution is -2.50. The number of amides is 1. The molecule has 1 unspecified atom stereocenters. The van der Waals surface area contributed by atoms with Gasteiger partial charge < -0.3 is 9.80 Å². The predicted octanol–water partition coefficient (Wildman–Crippen LogP) is 1.57. The van der Waals surface area contributed by atoms with Gasteiger partial charge in [0.2, 0.25) is 5.91 Å². The molecule has 2 aromatic rings. The highest BCUT2D eigenvalue weighted by Gasteiger charge is 2.33. The van der Waals surface area contributed by atoms with Crippen LogP contribution >= 0.6 is 0 Å². The highest BCUT2D eigenvalue weighted by Crippen LogP contribution is 2.32. The fraction of sp³-hybridized carbons (Fsp3) is 0.565. The largest absolute Gasteiger partial charge is 0.366 e. The minimum absolute atomic E-state index is 0.0605. The van der Waals surface area contributed by atoms with E-state index < -0.39 is 9.84 Å². The van der Waals surface area contributed by atoms with E-state index in [0.717, 1.165) is 61.9 Å². The normalized spacial score (nSPS) is 23.0. The Hall–Kier alpha value is -2.39. The van der Waals surface area contributed by atoms with E-state index >= 15 is 0 Å². The molecule has 0 saturated carbocycles. The van der Waals surface area contributed by atoms with Gasteiger partial charge in [0.1, 0.15) is 0 Å². The molecule has 0 radical (unpaired) electrons. The van der Waals surface area contributed by atoms with Gasteiger partial charge in [-0.1, -0.05) is 18.2 Å². The first-order valence-corrected chi connectivity index (χ1v) is 13.3. The smallest absolute Gasteiger partial charge is 0.241 e. The summed E-state index contributed by atoms with van der Waals surface area (Å²) in [5.74, 6) is 0.606. The van der Waals surface area contributed by atoms with Crippen LogP contribution in [0.3, 0.4) is 0 Å². The van der Waals surface area contributed by atoms with Crippen molar-refractivity contribution in [1.82, 2.24) is 14.7 Å². The maximum Gasteiger partial charge on any atom is 0.241 e. The predicted molar refractivity (Wildman–Crippen MR) is 125 cm³/mol. The van der Waals surface area contributed by atoms with Crippen LogP contribution in [-0.2, 0) is 21.1 Å². The van der Waals surface area contributed by atoms with E-state index in [1.54, 1.807) is 0 Å². The Bertz CT molecular complexity index is 1130. The molecule has 9 heteroatoms. The lowest BCUT2D eigenvalue weighted by molar-refractivity contribution is -0.119. The van der Waals surface area contributed by atoms with Crippen LogP contribution in [0.25, 0.3) is 0 Å². The molecule has 3 aliphatic heterocycles. The van der Waals surface area contributed by atoms with Gasteiger partial charge in [0.15, 0.2) is 9.84 Å². The van der Waals surface area contributed by atoms with Gasteiger partial charge in [0.25, 0.3) is 0 Å². The molecular formula is C23H31N5O3S. The molecule has 172 valence electrons. The average molecular weight is 458 g/mol. The number of anilines is 2. The lowest BCUT2D eigenvalue weighted by Gasteiger charge is -2.36. The van der Waals surface area contributed by atoms with Crippen molar-refractivity contribution in [1.29, 1.82) is 0 Å². The summed E-state index contributed by atoms with van der Waals surface area (Å²) in [4.78, 5) is 19.4. The van der Waals surface area contributed by atoms with Crippen molar-refractivity contribution in [2.24, 2.45) is 0 Å². The molecule has 1 amide bonds. The first-order valence-electron chi connectivity index (χ1n) is 11.4. The Morgan fingerprint density at radius 1 is 1.09 bits per heavy atom.